The lowest BCUT2D eigenvalue weighted by Gasteiger charge is -2.38. The Morgan fingerprint density at radius 1 is 0.886 bits per heavy atom. The molecule has 6 atom stereocenters. The lowest BCUT2D eigenvalue weighted by atomic mass is 9.74. The van der Waals surface area contributed by atoms with E-state index in [2.05, 4.69) is 0 Å². The number of aliphatic carboxylic acids is 1. The summed E-state index contributed by atoms with van der Waals surface area (Å²) in [4.78, 5) is 51.2. The second-order valence-corrected chi connectivity index (χ2v) is 9.15. The van der Waals surface area contributed by atoms with Crippen LogP contribution in [0.2, 0.25) is 0 Å². The van der Waals surface area contributed by atoms with Crippen LogP contribution in [0.15, 0.2) is 30.3 Å². The molecule has 0 aromatic heterocycles. The average Bonchev–Trinajstić information content (AvgIpc) is 2.81. The summed E-state index contributed by atoms with van der Waals surface area (Å²) in [5.41, 5.74) is 0.945. The summed E-state index contributed by atoms with van der Waals surface area (Å²) >= 11 is 0. The first-order valence-electron chi connectivity index (χ1n) is 11.1. The Bertz CT molecular complexity index is 1280. The Kier molecular flexibility index (Phi) is 5.56. The summed E-state index contributed by atoms with van der Waals surface area (Å²) in [6, 6.07) is 7.36. The zero-order valence-electron chi connectivity index (χ0n) is 18.5. The van der Waals surface area contributed by atoms with Crippen molar-refractivity contribution in [3.8, 4) is 5.75 Å². The van der Waals surface area contributed by atoms with Gasteiger partial charge in [-0.2, -0.15) is 0 Å². The third kappa shape index (κ3) is 3.57. The van der Waals surface area contributed by atoms with Crippen LogP contribution in [0.5, 0.6) is 5.75 Å². The molecule has 5 rings (SSSR count). The number of benzene rings is 2. The largest absolute Gasteiger partial charge is 0.479 e. The van der Waals surface area contributed by atoms with Crippen molar-refractivity contribution >= 4 is 23.3 Å². The Morgan fingerprint density at radius 3 is 2.29 bits per heavy atom. The molecule has 10 heteroatoms. The number of Topliss-reactive ketones (excluding diaryl/α,β-unsaturated/α-hetero) is 1. The van der Waals surface area contributed by atoms with E-state index in [1.165, 1.54) is 24.3 Å². The molecule has 1 fully saturated rings. The third-order valence-corrected chi connectivity index (χ3v) is 6.70. The van der Waals surface area contributed by atoms with E-state index in [0.29, 0.717) is 6.42 Å². The van der Waals surface area contributed by atoms with Crippen LogP contribution in [0.1, 0.15) is 61.1 Å². The first-order valence-corrected chi connectivity index (χ1v) is 11.1. The molecular weight excluding hydrogens is 460 g/mol. The number of hydrogen-bond donors (Lipinski definition) is 4. The van der Waals surface area contributed by atoms with E-state index >= 15 is 0 Å². The summed E-state index contributed by atoms with van der Waals surface area (Å²) in [5.74, 6) is -2.94. The molecule has 182 valence electrons. The van der Waals surface area contributed by atoms with Crippen molar-refractivity contribution in [2.75, 3.05) is 0 Å². The molecule has 2 aromatic rings. The van der Waals surface area contributed by atoms with Crippen LogP contribution in [-0.2, 0) is 16.0 Å². The normalized spacial score (nSPS) is 29.8. The van der Waals surface area contributed by atoms with Gasteiger partial charge >= 0.3 is 5.97 Å². The molecule has 3 aliphatic rings. The summed E-state index contributed by atoms with van der Waals surface area (Å²) in [7, 11) is 0. The van der Waals surface area contributed by atoms with Gasteiger partial charge in [-0.3, -0.25) is 14.4 Å². The second-order valence-electron chi connectivity index (χ2n) is 9.15. The van der Waals surface area contributed by atoms with Gasteiger partial charge in [0, 0.05) is 28.7 Å². The Balaban J connectivity index is 1.55. The number of carboxylic acids is 1. The third-order valence-electron chi connectivity index (χ3n) is 6.70. The number of rotatable bonds is 3. The van der Waals surface area contributed by atoms with E-state index in [0.717, 1.165) is 5.56 Å². The molecule has 0 bridgehead atoms. The van der Waals surface area contributed by atoms with Crippen LogP contribution < -0.4 is 4.74 Å². The average molecular weight is 482 g/mol. The van der Waals surface area contributed by atoms with Crippen molar-refractivity contribution in [2.45, 2.75) is 50.5 Å². The van der Waals surface area contributed by atoms with Gasteiger partial charge < -0.3 is 29.9 Å². The van der Waals surface area contributed by atoms with Crippen molar-refractivity contribution in [1.82, 2.24) is 0 Å². The summed E-state index contributed by atoms with van der Waals surface area (Å²) in [6.07, 6.45) is -8.41. The fraction of sp³-hybridized carbons (Fsp3) is 0.360. The van der Waals surface area contributed by atoms with Gasteiger partial charge in [-0.25, -0.2) is 4.79 Å². The Morgan fingerprint density at radius 2 is 1.57 bits per heavy atom. The molecule has 35 heavy (non-hydrogen) atoms. The van der Waals surface area contributed by atoms with E-state index in [-0.39, 0.29) is 51.7 Å². The van der Waals surface area contributed by atoms with Crippen molar-refractivity contribution in [3.05, 3.63) is 63.7 Å². The lowest BCUT2D eigenvalue weighted by Crippen LogP contribution is -2.61. The molecule has 0 amide bonds. The first-order chi connectivity index (χ1) is 16.6. The van der Waals surface area contributed by atoms with Gasteiger partial charge in [-0.1, -0.05) is 25.1 Å². The number of ether oxygens (including phenoxy) is 2. The zero-order chi connectivity index (χ0) is 25.2. The lowest BCUT2D eigenvalue weighted by molar-refractivity contribution is -0.271. The predicted molar refractivity (Wildman–Crippen MR) is 117 cm³/mol. The highest BCUT2D eigenvalue weighted by Gasteiger charge is 2.48. The number of aliphatic hydroxyl groups is 3. The van der Waals surface area contributed by atoms with Gasteiger partial charge in [0.05, 0.1) is 5.56 Å². The molecule has 10 nitrogen and oxygen atoms in total. The number of carbonyl (C=O) groups excluding carboxylic acids is 3. The Hall–Kier alpha value is -3.44. The molecule has 0 spiro atoms. The summed E-state index contributed by atoms with van der Waals surface area (Å²) < 4.78 is 10.7. The Labute approximate surface area is 198 Å². The van der Waals surface area contributed by atoms with Gasteiger partial charge in [-0.05, 0) is 30.0 Å². The molecule has 2 aliphatic carbocycles. The molecule has 0 unspecified atom stereocenters. The molecule has 1 heterocycles. The topological polar surface area (TPSA) is 168 Å². The standard InChI is InChI=1S/C25H22O10/c1-9-7-10-5-6-12-17(15(10)13(26)8-9)19(28)11-3-2-4-14(16(11)18(12)27)34-25-22(31)20(29)21(30)23(35-25)24(32)33/h2-6,9,20-23,25,29-31H,7-8H2,1H3,(H,32,33)/t9-,20-,21-,22+,23-,25+/m0/s1. The smallest absolute Gasteiger partial charge is 0.335 e. The molecule has 2 aromatic carbocycles. The molecule has 4 N–H and O–H groups in total. The fourth-order valence-electron chi connectivity index (χ4n) is 5.02. The van der Waals surface area contributed by atoms with Crippen molar-refractivity contribution in [3.63, 3.8) is 0 Å². The monoisotopic (exact) mass is 482 g/mol. The minimum atomic E-state index is -1.91. The molecule has 0 saturated carbocycles. The number of hydrogen-bond acceptors (Lipinski definition) is 9. The van der Waals surface area contributed by atoms with Crippen LogP contribution in [0.4, 0.5) is 0 Å². The van der Waals surface area contributed by atoms with E-state index < -0.39 is 48.2 Å². The van der Waals surface area contributed by atoms with E-state index in [4.69, 9.17) is 9.47 Å². The number of aliphatic hydroxyl groups excluding tert-OH is 3. The van der Waals surface area contributed by atoms with Crippen LogP contribution in [0.3, 0.4) is 0 Å². The van der Waals surface area contributed by atoms with Crippen molar-refractivity contribution in [2.24, 2.45) is 5.92 Å². The maximum absolute atomic E-state index is 13.5. The molecular formula is C25H22O10. The van der Waals surface area contributed by atoms with E-state index in [9.17, 15) is 39.6 Å². The van der Waals surface area contributed by atoms with Gasteiger partial charge in [0.1, 0.15) is 24.1 Å². The highest BCUT2D eigenvalue weighted by Crippen LogP contribution is 2.39. The predicted octanol–water partition coefficient (Wildman–Crippen LogP) is 0.498. The maximum Gasteiger partial charge on any atom is 0.335 e. The van der Waals surface area contributed by atoms with Gasteiger partial charge in [0.2, 0.25) is 6.29 Å². The quantitative estimate of drug-likeness (QED) is 0.413. The SMILES string of the molecule is C[C@@H]1CC(=O)c2c(ccc3c2C(=O)c2cccc(O[C@@H]4O[C@H](C(=O)O)[C@@H](O)[C@H](O)[C@H]4O)c2C3=O)C1. The molecule has 0 radical (unpaired) electrons. The maximum atomic E-state index is 13.5. The van der Waals surface area contributed by atoms with Crippen LogP contribution in [-0.4, -0.2) is 74.5 Å². The summed E-state index contributed by atoms with van der Waals surface area (Å²) in [5, 5.41) is 39.5. The number of carbonyl (C=O) groups is 4. The van der Waals surface area contributed by atoms with Crippen molar-refractivity contribution in [1.29, 1.82) is 0 Å². The van der Waals surface area contributed by atoms with E-state index in [1.807, 2.05) is 6.92 Å². The summed E-state index contributed by atoms with van der Waals surface area (Å²) in [6.45, 7) is 1.94. The number of fused-ring (bicyclic) bond motifs is 4. The molecule has 1 aliphatic heterocycles. The minimum absolute atomic E-state index is 0.0134. The van der Waals surface area contributed by atoms with E-state index in [1.54, 1.807) is 6.07 Å². The highest BCUT2D eigenvalue weighted by atomic mass is 16.7. The van der Waals surface area contributed by atoms with Crippen LogP contribution in [0.25, 0.3) is 0 Å². The zero-order valence-corrected chi connectivity index (χ0v) is 18.5. The van der Waals surface area contributed by atoms with Crippen LogP contribution in [0, 0.1) is 5.92 Å². The highest BCUT2D eigenvalue weighted by molar-refractivity contribution is 6.32. The van der Waals surface area contributed by atoms with Gasteiger partial charge in [-0.15, -0.1) is 0 Å². The number of ketones is 3. The van der Waals surface area contributed by atoms with Crippen LogP contribution >= 0.6 is 0 Å². The minimum Gasteiger partial charge on any atom is -0.479 e. The number of carboxylic acid groups (broad SMARTS) is 1. The molecule has 1 saturated heterocycles. The first kappa shape index (κ1) is 23.3. The fourth-order valence-corrected chi connectivity index (χ4v) is 5.02. The van der Waals surface area contributed by atoms with Gasteiger partial charge in [0.25, 0.3) is 0 Å². The van der Waals surface area contributed by atoms with Crippen molar-refractivity contribution < 1.29 is 49.1 Å². The second kappa shape index (κ2) is 8.35. The van der Waals surface area contributed by atoms with Gasteiger partial charge in [0.15, 0.2) is 23.5 Å².